The Labute approximate surface area is 90.4 Å². The van der Waals surface area contributed by atoms with E-state index in [1.165, 1.54) is 0 Å². The number of hydrogen-bond acceptors (Lipinski definition) is 5. The number of nitrogens with two attached hydrogens (primary N) is 1. The van der Waals surface area contributed by atoms with Crippen LogP contribution in [-0.4, -0.2) is 51.1 Å². The minimum Gasteiger partial charge on any atom is -0.323 e. The average molecular weight is 256 g/mol. The first-order valence-corrected chi connectivity index (χ1v) is 8.19. The van der Waals surface area contributed by atoms with Gasteiger partial charge in [0.2, 0.25) is 10.0 Å². The molecule has 8 heteroatoms. The topological polar surface area (TPSA) is 97.5 Å². The number of rotatable bonds is 4. The molecule has 90 valence electrons. The lowest BCUT2D eigenvalue weighted by molar-refractivity contribution is 0.154. The third-order valence-electron chi connectivity index (χ3n) is 2.44. The molecule has 0 radical (unpaired) electrons. The van der Waals surface area contributed by atoms with Crippen LogP contribution in [0, 0.1) is 0 Å². The Morgan fingerprint density at radius 3 is 2.07 bits per heavy atom. The van der Waals surface area contributed by atoms with E-state index in [1.54, 1.807) is 0 Å². The lowest BCUT2D eigenvalue weighted by Gasteiger charge is -2.46. The molecule has 0 aromatic rings. The third kappa shape index (κ3) is 3.13. The Kier molecular flexibility index (Phi) is 3.17. The molecular formula is C7H16N2O4S2. The first-order valence-electron chi connectivity index (χ1n) is 4.52. The molecule has 1 saturated heterocycles. The maximum Gasteiger partial charge on any atom is 0.228 e. The molecule has 1 aliphatic heterocycles. The fourth-order valence-electron chi connectivity index (χ4n) is 1.42. The summed E-state index contributed by atoms with van der Waals surface area (Å²) < 4.78 is 45.9. The van der Waals surface area contributed by atoms with Crippen molar-refractivity contribution in [3.63, 3.8) is 0 Å². The van der Waals surface area contributed by atoms with Crippen LogP contribution >= 0.6 is 0 Å². The van der Waals surface area contributed by atoms with Crippen molar-refractivity contribution in [1.29, 1.82) is 0 Å². The number of nitrogens with zero attached hydrogens (tertiary/aromatic N) is 1. The lowest BCUT2D eigenvalue weighted by Crippen LogP contribution is -2.68. The first-order chi connectivity index (χ1) is 6.58. The van der Waals surface area contributed by atoms with E-state index in [0.717, 1.165) is 10.6 Å². The van der Waals surface area contributed by atoms with Crippen molar-refractivity contribution in [2.75, 3.05) is 24.4 Å². The maximum atomic E-state index is 11.5. The second-order valence-electron chi connectivity index (χ2n) is 4.14. The van der Waals surface area contributed by atoms with Crippen LogP contribution < -0.4 is 5.73 Å². The van der Waals surface area contributed by atoms with Gasteiger partial charge < -0.3 is 5.73 Å². The van der Waals surface area contributed by atoms with Gasteiger partial charge in [-0.05, 0) is 6.42 Å². The van der Waals surface area contributed by atoms with Gasteiger partial charge in [0.1, 0.15) is 0 Å². The summed E-state index contributed by atoms with van der Waals surface area (Å²) in [6.45, 7) is 2.29. The van der Waals surface area contributed by atoms with Gasteiger partial charge in [-0.25, -0.2) is 16.8 Å². The van der Waals surface area contributed by atoms with E-state index in [0.29, 0.717) is 6.42 Å². The fraction of sp³-hybridized carbons (Fsp3) is 1.00. The summed E-state index contributed by atoms with van der Waals surface area (Å²) in [6, 6.07) is 0. The van der Waals surface area contributed by atoms with Gasteiger partial charge in [0, 0.05) is 24.9 Å². The molecule has 1 heterocycles. The van der Waals surface area contributed by atoms with Crippen molar-refractivity contribution in [3.8, 4) is 0 Å². The van der Waals surface area contributed by atoms with Crippen LogP contribution in [0.3, 0.4) is 0 Å². The monoisotopic (exact) mass is 256 g/mol. The van der Waals surface area contributed by atoms with E-state index in [-0.39, 0.29) is 13.1 Å². The molecule has 0 aliphatic carbocycles. The quantitative estimate of drug-likeness (QED) is 0.677. The second-order valence-corrected chi connectivity index (χ2v) is 8.61. The summed E-state index contributed by atoms with van der Waals surface area (Å²) in [4.78, 5) is 0. The van der Waals surface area contributed by atoms with E-state index in [4.69, 9.17) is 5.73 Å². The van der Waals surface area contributed by atoms with Crippen LogP contribution in [0.5, 0.6) is 0 Å². The Bertz CT molecular complexity index is 434. The molecule has 15 heavy (non-hydrogen) atoms. The maximum absolute atomic E-state index is 11.5. The predicted molar refractivity (Wildman–Crippen MR) is 57.4 cm³/mol. The van der Waals surface area contributed by atoms with Crippen LogP contribution in [0.1, 0.15) is 13.3 Å². The normalized spacial score (nSPS) is 22.3. The smallest absolute Gasteiger partial charge is 0.228 e. The summed E-state index contributed by atoms with van der Waals surface area (Å²) in [6.07, 6.45) is 1.58. The summed E-state index contributed by atoms with van der Waals surface area (Å²) in [5.41, 5.74) is 5.32. The van der Waals surface area contributed by atoms with Crippen molar-refractivity contribution in [1.82, 2.24) is 4.31 Å². The predicted octanol–water partition coefficient (Wildman–Crippen LogP) is -1.26. The van der Waals surface area contributed by atoms with Gasteiger partial charge in [0.25, 0.3) is 0 Å². The minimum atomic E-state index is -3.70. The van der Waals surface area contributed by atoms with E-state index in [9.17, 15) is 16.8 Å². The highest BCUT2D eigenvalue weighted by Gasteiger charge is 2.44. The second kappa shape index (κ2) is 3.69. The summed E-state index contributed by atoms with van der Waals surface area (Å²) in [5.74, 6) is 0. The highest BCUT2D eigenvalue weighted by Crippen LogP contribution is 2.25. The van der Waals surface area contributed by atoms with Gasteiger partial charge in [-0.3, -0.25) is 0 Å². The Hall–Kier alpha value is -0.180. The molecule has 0 unspecified atom stereocenters. The van der Waals surface area contributed by atoms with Crippen LogP contribution in [0.4, 0.5) is 0 Å². The zero-order valence-corrected chi connectivity index (χ0v) is 10.4. The molecule has 6 nitrogen and oxygen atoms in total. The standard InChI is InChI=1S/C7H16N2O4S2/c1-3-7(8)4-9(5-7)15(12,13)6-14(2,10)11/h3-6,8H2,1-2H3. The molecule has 0 atom stereocenters. The SMILES string of the molecule is CCC1(N)CN(S(=O)(=O)CS(C)(=O)=O)C1. The Morgan fingerprint density at radius 2 is 1.73 bits per heavy atom. The summed E-state index contributed by atoms with van der Waals surface area (Å²) >= 11 is 0. The molecule has 1 rings (SSSR count). The van der Waals surface area contributed by atoms with E-state index < -0.39 is 30.5 Å². The van der Waals surface area contributed by atoms with Gasteiger partial charge in [0.05, 0.1) is 0 Å². The van der Waals surface area contributed by atoms with E-state index in [1.807, 2.05) is 6.92 Å². The molecule has 0 saturated carbocycles. The number of sulfonamides is 1. The molecule has 0 spiro atoms. The van der Waals surface area contributed by atoms with Crippen LogP contribution in [0.25, 0.3) is 0 Å². The first kappa shape index (κ1) is 12.9. The van der Waals surface area contributed by atoms with Gasteiger partial charge in [0.15, 0.2) is 14.9 Å². The molecule has 0 aromatic heterocycles. The lowest BCUT2D eigenvalue weighted by atomic mass is 9.91. The Morgan fingerprint density at radius 1 is 1.27 bits per heavy atom. The highest BCUT2D eigenvalue weighted by atomic mass is 32.3. The van der Waals surface area contributed by atoms with Gasteiger partial charge in [-0.1, -0.05) is 6.92 Å². The van der Waals surface area contributed by atoms with Crippen molar-refractivity contribution in [3.05, 3.63) is 0 Å². The summed E-state index contributed by atoms with van der Waals surface area (Å²) in [5, 5.41) is -0.834. The molecule has 0 bridgehead atoms. The van der Waals surface area contributed by atoms with Crippen molar-refractivity contribution < 1.29 is 16.8 Å². The van der Waals surface area contributed by atoms with Gasteiger partial charge >= 0.3 is 0 Å². The third-order valence-corrected chi connectivity index (χ3v) is 6.39. The minimum absolute atomic E-state index is 0.210. The van der Waals surface area contributed by atoms with Crippen molar-refractivity contribution in [2.24, 2.45) is 5.73 Å². The zero-order chi connectivity index (χ0) is 11.9. The average Bonchev–Trinajstić information content (AvgIpc) is 1.93. The van der Waals surface area contributed by atoms with Crippen molar-refractivity contribution in [2.45, 2.75) is 18.9 Å². The number of hydrogen-bond donors (Lipinski definition) is 1. The van der Waals surface area contributed by atoms with Crippen LogP contribution in [-0.2, 0) is 19.9 Å². The van der Waals surface area contributed by atoms with Crippen molar-refractivity contribution >= 4 is 19.9 Å². The molecule has 2 N–H and O–H groups in total. The van der Waals surface area contributed by atoms with Crippen LogP contribution in [0.2, 0.25) is 0 Å². The zero-order valence-electron chi connectivity index (χ0n) is 8.80. The molecule has 0 amide bonds. The molecule has 1 fully saturated rings. The van der Waals surface area contributed by atoms with Gasteiger partial charge in [-0.15, -0.1) is 0 Å². The fourth-order valence-corrected chi connectivity index (χ4v) is 5.09. The summed E-state index contributed by atoms with van der Waals surface area (Å²) in [7, 11) is -7.21. The molecule has 0 aromatic carbocycles. The molecule has 1 aliphatic rings. The highest BCUT2D eigenvalue weighted by molar-refractivity contribution is 8.06. The largest absolute Gasteiger partial charge is 0.323 e. The van der Waals surface area contributed by atoms with E-state index >= 15 is 0 Å². The molecular weight excluding hydrogens is 240 g/mol. The Balaban J connectivity index is 2.69. The van der Waals surface area contributed by atoms with Gasteiger partial charge in [-0.2, -0.15) is 4.31 Å². The van der Waals surface area contributed by atoms with Crippen LogP contribution in [0.15, 0.2) is 0 Å². The number of sulfone groups is 1. The van der Waals surface area contributed by atoms with E-state index in [2.05, 4.69) is 0 Å².